The Morgan fingerprint density at radius 3 is 0.816 bits per heavy atom. The first-order chi connectivity index (χ1) is 18.8. The molecular weight excluding hydrogens is 510 g/mol. The fraction of sp³-hybridized carbons (Fsp3) is 0.250. The van der Waals surface area contributed by atoms with Crippen LogP contribution < -0.4 is 18.1 Å². The number of benzene rings is 4. The number of rotatable bonds is 17. The first-order valence-corrected chi connectivity index (χ1v) is 16.0. The predicted octanol–water partition coefficient (Wildman–Crippen LogP) is 10.3. The molecule has 0 aliphatic heterocycles. The zero-order valence-electron chi connectivity index (χ0n) is 21.7. The quantitative estimate of drug-likeness (QED) is 0.0975. The largest absolute Gasteiger partial charge is 0.439 e. The lowest BCUT2D eigenvalue weighted by Gasteiger charge is -2.19. The minimum absolute atomic E-state index is 0.862. The molecule has 0 aliphatic rings. The van der Waals surface area contributed by atoms with Gasteiger partial charge in [0.05, 0.1) is 0 Å². The van der Waals surface area contributed by atoms with Crippen molar-refractivity contribution in [3.05, 3.63) is 121 Å². The lowest BCUT2D eigenvalue weighted by molar-refractivity contribution is 0.481. The van der Waals surface area contributed by atoms with Crippen molar-refractivity contribution in [2.75, 3.05) is 12.3 Å². The summed E-state index contributed by atoms with van der Waals surface area (Å²) < 4.78 is 24.8. The van der Waals surface area contributed by atoms with Crippen molar-refractivity contribution in [1.82, 2.24) is 0 Å². The van der Waals surface area contributed by atoms with Crippen LogP contribution in [0.15, 0.2) is 121 Å². The molecule has 0 spiro atoms. The minimum atomic E-state index is -1.03. The van der Waals surface area contributed by atoms with Gasteiger partial charge >= 0.3 is 0 Å². The molecule has 0 saturated heterocycles. The molecule has 38 heavy (non-hydrogen) atoms. The van der Waals surface area contributed by atoms with Crippen LogP contribution >= 0.6 is 16.8 Å². The molecule has 198 valence electrons. The summed E-state index contributed by atoms with van der Waals surface area (Å²) in [6.45, 7) is 0. The second kappa shape index (κ2) is 16.7. The topological polar surface area (TPSA) is 36.9 Å². The van der Waals surface area contributed by atoms with Crippen molar-refractivity contribution in [2.24, 2.45) is 0 Å². The maximum absolute atomic E-state index is 6.20. The van der Waals surface area contributed by atoms with E-state index in [0.29, 0.717) is 0 Å². The van der Waals surface area contributed by atoms with E-state index in [-0.39, 0.29) is 0 Å². The van der Waals surface area contributed by atoms with Crippen LogP contribution in [0.5, 0.6) is 23.0 Å². The molecule has 4 aromatic carbocycles. The van der Waals surface area contributed by atoms with Gasteiger partial charge in [-0.2, -0.15) is 0 Å². The number of unbranched alkanes of at least 4 members (excludes halogenated alkanes) is 5. The average Bonchev–Trinajstić information content (AvgIpc) is 2.96. The smallest absolute Gasteiger partial charge is 0.290 e. The summed E-state index contributed by atoms with van der Waals surface area (Å²) in [6.07, 6.45) is 8.77. The number of para-hydroxylation sites is 4. The minimum Gasteiger partial charge on any atom is -0.439 e. The van der Waals surface area contributed by atoms with Crippen molar-refractivity contribution >= 4 is 16.8 Å². The molecule has 0 aromatic heterocycles. The SMILES string of the molecule is c1ccc(OP(CCCCCCCCP(Oc2ccccc2)Oc2ccccc2)Oc2ccccc2)cc1. The van der Waals surface area contributed by atoms with E-state index in [0.717, 1.165) is 48.2 Å². The Kier molecular flexibility index (Phi) is 12.3. The van der Waals surface area contributed by atoms with Gasteiger partial charge in [0.15, 0.2) is 0 Å². The molecule has 0 saturated carbocycles. The Labute approximate surface area is 229 Å². The first-order valence-electron chi connectivity index (χ1n) is 13.3. The lowest BCUT2D eigenvalue weighted by Crippen LogP contribution is -2.01. The van der Waals surface area contributed by atoms with Crippen LogP contribution in [0.25, 0.3) is 0 Å². The first kappa shape index (κ1) is 28.0. The van der Waals surface area contributed by atoms with Crippen molar-refractivity contribution in [1.29, 1.82) is 0 Å². The van der Waals surface area contributed by atoms with Crippen molar-refractivity contribution < 1.29 is 18.1 Å². The van der Waals surface area contributed by atoms with Gasteiger partial charge in [-0.15, -0.1) is 0 Å². The Morgan fingerprint density at radius 2 is 0.553 bits per heavy atom. The summed E-state index contributed by atoms with van der Waals surface area (Å²) in [5.41, 5.74) is 0. The molecule has 0 N–H and O–H groups in total. The molecule has 4 nitrogen and oxygen atoms in total. The molecule has 0 amide bonds. The molecule has 6 heteroatoms. The predicted molar refractivity (Wildman–Crippen MR) is 160 cm³/mol. The highest BCUT2D eigenvalue weighted by Crippen LogP contribution is 2.42. The van der Waals surface area contributed by atoms with Crippen molar-refractivity contribution in [3.63, 3.8) is 0 Å². The van der Waals surface area contributed by atoms with Crippen LogP contribution in [0.4, 0.5) is 0 Å². The highest BCUT2D eigenvalue weighted by atomic mass is 31.2. The van der Waals surface area contributed by atoms with Gasteiger partial charge in [0.2, 0.25) is 0 Å². The van der Waals surface area contributed by atoms with Gasteiger partial charge < -0.3 is 18.1 Å². The molecule has 0 unspecified atom stereocenters. The lowest BCUT2D eigenvalue weighted by atomic mass is 10.1. The van der Waals surface area contributed by atoms with E-state index in [4.69, 9.17) is 18.1 Å². The summed E-state index contributed by atoms with van der Waals surface area (Å²) >= 11 is 0. The Morgan fingerprint density at radius 1 is 0.316 bits per heavy atom. The van der Waals surface area contributed by atoms with E-state index in [1.165, 1.54) is 25.7 Å². The zero-order chi connectivity index (χ0) is 26.1. The highest BCUT2D eigenvalue weighted by Gasteiger charge is 2.16. The summed E-state index contributed by atoms with van der Waals surface area (Å²) in [5, 5.41) is 0. The van der Waals surface area contributed by atoms with Crippen molar-refractivity contribution in [3.8, 4) is 23.0 Å². The van der Waals surface area contributed by atoms with Gasteiger partial charge in [0, 0.05) is 12.3 Å². The normalized spacial score (nSPS) is 10.9. The summed E-state index contributed by atoms with van der Waals surface area (Å²) in [4.78, 5) is 0. The van der Waals surface area contributed by atoms with Gasteiger partial charge in [-0.25, -0.2) is 0 Å². The van der Waals surface area contributed by atoms with Crippen LogP contribution in [-0.4, -0.2) is 12.3 Å². The standard InChI is InChI=1S/C32H36O4P2/c1(3-17-27-37(33-29-19-9-5-10-20-29)34-30-21-11-6-12-22-30)2-4-18-28-38(35-31-23-13-7-14-24-31)36-32-25-15-8-16-26-32/h5-16,19-26H,1-4,17-18,27-28H2. The van der Waals surface area contributed by atoms with Crippen LogP contribution in [0.2, 0.25) is 0 Å². The molecule has 0 bridgehead atoms. The summed E-state index contributed by atoms with van der Waals surface area (Å²) in [7, 11) is -2.06. The number of hydrogen-bond acceptors (Lipinski definition) is 4. The van der Waals surface area contributed by atoms with E-state index in [2.05, 4.69) is 0 Å². The van der Waals surface area contributed by atoms with Crippen LogP contribution in [0, 0.1) is 0 Å². The molecular formula is C32H36O4P2. The number of hydrogen-bond donors (Lipinski definition) is 0. The van der Waals surface area contributed by atoms with Crippen molar-refractivity contribution in [2.45, 2.75) is 38.5 Å². The Balaban J connectivity index is 1.16. The van der Waals surface area contributed by atoms with E-state index >= 15 is 0 Å². The second-order valence-electron chi connectivity index (χ2n) is 8.85. The average molecular weight is 547 g/mol. The molecule has 4 rings (SSSR count). The van der Waals surface area contributed by atoms with Gasteiger partial charge in [-0.05, 0) is 61.4 Å². The Bertz CT molecular complexity index is 955. The van der Waals surface area contributed by atoms with Crippen LogP contribution in [-0.2, 0) is 0 Å². The maximum Gasteiger partial charge on any atom is 0.290 e. The molecule has 0 atom stereocenters. The van der Waals surface area contributed by atoms with E-state index in [1.807, 2.05) is 121 Å². The van der Waals surface area contributed by atoms with E-state index in [1.54, 1.807) is 0 Å². The van der Waals surface area contributed by atoms with Crippen LogP contribution in [0.3, 0.4) is 0 Å². The third-order valence-electron chi connectivity index (χ3n) is 5.73. The van der Waals surface area contributed by atoms with Gasteiger partial charge in [-0.3, -0.25) is 0 Å². The van der Waals surface area contributed by atoms with Gasteiger partial charge in [0.25, 0.3) is 16.8 Å². The van der Waals surface area contributed by atoms with E-state index < -0.39 is 16.8 Å². The van der Waals surface area contributed by atoms with Gasteiger partial charge in [0.1, 0.15) is 23.0 Å². The zero-order valence-corrected chi connectivity index (χ0v) is 23.5. The van der Waals surface area contributed by atoms with E-state index in [9.17, 15) is 0 Å². The molecule has 0 radical (unpaired) electrons. The molecule has 4 aromatic rings. The van der Waals surface area contributed by atoms with Gasteiger partial charge in [-0.1, -0.05) is 98.5 Å². The fourth-order valence-electron chi connectivity index (χ4n) is 3.80. The third-order valence-corrected chi connectivity index (χ3v) is 8.75. The molecule has 0 heterocycles. The van der Waals surface area contributed by atoms with Crippen LogP contribution in [0.1, 0.15) is 38.5 Å². The maximum atomic E-state index is 6.20. The molecule has 0 fully saturated rings. The highest BCUT2D eigenvalue weighted by molar-refractivity contribution is 7.48. The second-order valence-corrected chi connectivity index (χ2v) is 11.8. The summed E-state index contributed by atoms with van der Waals surface area (Å²) in [6, 6.07) is 39.8. The summed E-state index contributed by atoms with van der Waals surface area (Å²) in [5.74, 6) is 3.45. The molecule has 0 aliphatic carbocycles. The Hall–Kier alpha value is -3.06. The monoisotopic (exact) mass is 546 g/mol. The fourth-order valence-corrected chi connectivity index (χ4v) is 6.64. The third kappa shape index (κ3) is 10.7.